The first-order valence-electron chi connectivity index (χ1n) is 11.3. The van der Waals surface area contributed by atoms with Crippen molar-refractivity contribution in [3.63, 3.8) is 0 Å². The number of aromatic amines is 1. The Morgan fingerprint density at radius 3 is 2.58 bits per heavy atom. The molecule has 1 fully saturated rings. The second-order valence-corrected chi connectivity index (χ2v) is 8.75. The molecule has 0 spiro atoms. The van der Waals surface area contributed by atoms with Crippen molar-refractivity contribution in [1.82, 2.24) is 20.4 Å². The standard InChI is InChI=1S/C26H30N4O3/c1-18(2)22-15-23(29-28-22)24(31)30-12-13-33-26(17-30,25(32)27-3)16-19-8-7-11-21(14-19)20-9-5-4-6-10-20/h4-11,14-15,18H,12-13,16-17H2,1-3H3,(H,27,32)(H,28,29)/t26-/m0/s1. The van der Waals surface area contributed by atoms with E-state index in [1.807, 2.05) is 50.2 Å². The molecular weight excluding hydrogens is 416 g/mol. The van der Waals surface area contributed by atoms with Crippen LogP contribution in [0.25, 0.3) is 11.1 Å². The normalized spacial score (nSPS) is 18.4. The third-order valence-electron chi connectivity index (χ3n) is 6.08. The van der Waals surface area contributed by atoms with Gasteiger partial charge in [0.05, 0.1) is 13.2 Å². The number of amides is 2. The van der Waals surface area contributed by atoms with E-state index < -0.39 is 5.60 Å². The average Bonchev–Trinajstić information content (AvgIpc) is 3.35. The van der Waals surface area contributed by atoms with Crippen molar-refractivity contribution in [3.8, 4) is 11.1 Å². The number of ether oxygens (including phenoxy) is 1. The number of nitrogens with one attached hydrogen (secondary N) is 2. The third-order valence-corrected chi connectivity index (χ3v) is 6.08. The van der Waals surface area contributed by atoms with E-state index in [1.54, 1.807) is 18.0 Å². The number of likely N-dealkylation sites (N-methyl/N-ethyl adjacent to an activating group) is 1. The summed E-state index contributed by atoms with van der Waals surface area (Å²) in [6.45, 7) is 4.92. The molecular formula is C26H30N4O3. The first kappa shape index (κ1) is 22.7. The van der Waals surface area contributed by atoms with Gasteiger partial charge in [0.25, 0.3) is 11.8 Å². The monoisotopic (exact) mass is 446 g/mol. The summed E-state index contributed by atoms with van der Waals surface area (Å²) < 4.78 is 6.09. The highest BCUT2D eigenvalue weighted by atomic mass is 16.5. The maximum atomic E-state index is 13.2. The summed E-state index contributed by atoms with van der Waals surface area (Å²) in [6.07, 6.45) is 0.356. The van der Waals surface area contributed by atoms with Crippen LogP contribution in [0.1, 0.15) is 41.5 Å². The highest BCUT2D eigenvalue weighted by molar-refractivity contribution is 5.94. The minimum atomic E-state index is -1.17. The van der Waals surface area contributed by atoms with E-state index in [2.05, 4.69) is 33.7 Å². The summed E-state index contributed by atoms with van der Waals surface area (Å²) in [4.78, 5) is 27.9. The Morgan fingerprint density at radius 2 is 1.88 bits per heavy atom. The number of hydrogen-bond acceptors (Lipinski definition) is 4. The molecule has 1 aliphatic heterocycles. The maximum Gasteiger partial charge on any atom is 0.274 e. The molecule has 0 unspecified atom stereocenters. The van der Waals surface area contributed by atoms with Crippen LogP contribution >= 0.6 is 0 Å². The Hall–Kier alpha value is -3.45. The lowest BCUT2D eigenvalue weighted by Gasteiger charge is -2.41. The molecule has 0 radical (unpaired) electrons. The second-order valence-electron chi connectivity index (χ2n) is 8.75. The van der Waals surface area contributed by atoms with Crippen molar-refractivity contribution in [1.29, 1.82) is 0 Å². The number of rotatable bonds is 6. The lowest BCUT2D eigenvalue weighted by Crippen LogP contribution is -2.61. The third kappa shape index (κ3) is 4.83. The molecule has 33 heavy (non-hydrogen) atoms. The van der Waals surface area contributed by atoms with E-state index in [9.17, 15) is 9.59 Å². The fourth-order valence-corrected chi connectivity index (χ4v) is 4.24. The first-order chi connectivity index (χ1) is 15.9. The number of morpholine rings is 1. The lowest BCUT2D eigenvalue weighted by molar-refractivity contribution is -0.156. The molecule has 2 N–H and O–H groups in total. The number of hydrogen-bond donors (Lipinski definition) is 2. The molecule has 1 aliphatic rings. The van der Waals surface area contributed by atoms with Crippen molar-refractivity contribution < 1.29 is 14.3 Å². The van der Waals surface area contributed by atoms with E-state index in [-0.39, 0.29) is 30.9 Å². The molecule has 2 amide bonds. The van der Waals surface area contributed by atoms with Gasteiger partial charge in [-0.15, -0.1) is 0 Å². The van der Waals surface area contributed by atoms with Gasteiger partial charge in [-0.2, -0.15) is 5.10 Å². The zero-order valence-corrected chi connectivity index (χ0v) is 19.3. The smallest absolute Gasteiger partial charge is 0.274 e. The van der Waals surface area contributed by atoms with Crippen LogP contribution in [0.2, 0.25) is 0 Å². The van der Waals surface area contributed by atoms with Crippen LogP contribution in [0, 0.1) is 0 Å². The highest BCUT2D eigenvalue weighted by Crippen LogP contribution is 2.28. The zero-order valence-electron chi connectivity index (χ0n) is 19.3. The van der Waals surface area contributed by atoms with Gasteiger partial charge in [0.2, 0.25) is 0 Å². The van der Waals surface area contributed by atoms with Crippen LogP contribution in [-0.4, -0.2) is 59.3 Å². The van der Waals surface area contributed by atoms with Crippen LogP contribution in [0.15, 0.2) is 60.7 Å². The van der Waals surface area contributed by atoms with Crippen molar-refractivity contribution in [2.75, 3.05) is 26.7 Å². The topological polar surface area (TPSA) is 87.3 Å². The van der Waals surface area contributed by atoms with E-state index in [0.29, 0.717) is 18.7 Å². The van der Waals surface area contributed by atoms with E-state index in [1.165, 1.54) is 0 Å². The van der Waals surface area contributed by atoms with Gasteiger partial charge in [0.15, 0.2) is 5.60 Å². The Kier molecular flexibility index (Phi) is 6.60. The van der Waals surface area contributed by atoms with Crippen LogP contribution < -0.4 is 5.32 Å². The summed E-state index contributed by atoms with van der Waals surface area (Å²) in [6, 6.07) is 20.0. The lowest BCUT2D eigenvalue weighted by atomic mass is 9.89. The van der Waals surface area contributed by atoms with Gasteiger partial charge in [0, 0.05) is 25.7 Å². The molecule has 7 nitrogen and oxygen atoms in total. The SMILES string of the molecule is CNC(=O)[C@]1(Cc2cccc(-c3ccccc3)c2)CN(C(=O)c2cc(C(C)C)[nH]n2)CCO1. The maximum absolute atomic E-state index is 13.2. The van der Waals surface area contributed by atoms with Crippen molar-refractivity contribution in [2.45, 2.75) is 31.8 Å². The van der Waals surface area contributed by atoms with Crippen molar-refractivity contribution in [2.24, 2.45) is 0 Å². The fraction of sp³-hybridized carbons (Fsp3) is 0.346. The zero-order chi connectivity index (χ0) is 23.4. The van der Waals surface area contributed by atoms with Crippen molar-refractivity contribution >= 4 is 11.8 Å². The molecule has 2 heterocycles. The Balaban J connectivity index is 1.59. The number of benzene rings is 2. The van der Waals surface area contributed by atoms with Gasteiger partial charge >= 0.3 is 0 Å². The minimum absolute atomic E-state index is 0.158. The summed E-state index contributed by atoms with van der Waals surface area (Å²) in [5.41, 5.74) is 3.24. The van der Waals surface area contributed by atoms with E-state index in [4.69, 9.17) is 4.74 Å². The molecule has 3 aromatic rings. The van der Waals surface area contributed by atoms with Gasteiger partial charge < -0.3 is 15.0 Å². The van der Waals surface area contributed by atoms with Gasteiger partial charge in [-0.1, -0.05) is 68.4 Å². The number of aromatic nitrogens is 2. The Bertz CT molecular complexity index is 1130. The number of H-pyrrole nitrogens is 1. The fourth-order valence-electron chi connectivity index (χ4n) is 4.24. The van der Waals surface area contributed by atoms with Crippen LogP contribution in [-0.2, 0) is 16.0 Å². The summed E-state index contributed by atoms with van der Waals surface area (Å²) in [7, 11) is 1.59. The van der Waals surface area contributed by atoms with Gasteiger partial charge in [-0.3, -0.25) is 14.7 Å². The predicted molar refractivity (Wildman–Crippen MR) is 127 cm³/mol. The summed E-state index contributed by atoms with van der Waals surface area (Å²) in [5, 5.41) is 9.87. The molecule has 0 bridgehead atoms. The van der Waals surface area contributed by atoms with E-state index in [0.717, 1.165) is 22.4 Å². The highest BCUT2D eigenvalue weighted by Gasteiger charge is 2.45. The summed E-state index contributed by atoms with van der Waals surface area (Å²) in [5.74, 6) is -0.201. The molecule has 7 heteroatoms. The Labute approximate surface area is 194 Å². The predicted octanol–water partition coefficient (Wildman–Crippen LogP) is 3.40. The molecule has 1 atom stereocenters. The van der Waals surface area contributed by atoms with Crippen LogP contribution in [0.4, 0.5) is 0 Å². The largest absolute Gasteiger partial charge is 0.361 e. The summed E-state index contributed by atoms with van der Waals surface area (Å²) >= 11 is 0. The quantitative estimate of drug-likeness (QED) is 0.608. The molecule has 1 aromatic heterocycles. The molecule has 172 valence electrons. The molecule has 2 aromatic carbocycles. The number of carbonyl (C=O) groups excluding carboxylic acids is 2. The van der Waals surface area contributed by atoms with E-state index >= 15 is 0 Å². The molecule has 0 aliphatic carbocycles. The second kappa shape index (κ2) is 9.58. The van der Waals surface area contributed by atoms with Crippen LogP contribution in [0.5, 0.6) is 0 Å². The van der Waals surface area contributed by atoms with Crippen molar-refractivity contribution in [3.05, 3.63) is 77.6 Å². The number of nitrogens with zero attached hydrogens (tertiary/aromatic N) is 2. The first-order valence-corrected chi connectivity index (χ1v) is 11.3. The van der Waals surface area contributed by atoms with Gasteiger partial charge in [0.1, 0.15) is 5.69 Å². The van der Waals surface area contributed by atoms with Crippen LogP contribution in [0.3, 0.4) is 0 Å². The Morgan fingerprint density at radius 1 is 1.12 bits per heavy atom. The van der Waals surface area contributed by atoms with Gasteiger partial charge in [-0.25, -0.2) is 0 Å². The molecule has 0 saturated carbocycles. The average molecular weight is 447 g/mol. The minimum Gasteiger partial charge on any atom is -0.361 e. The molecule has 1 saturated heterocycles. The number of carbonyl (C=O) groups is 2. The molecule has 4 rings (SSSR count). The van der Waals surface area contributed by atoms with Gasteiger partial charge in [-0.05, 0) is 28.7 Å².